The monoisotopic (exact) mass is 429 g/mol. The van der Waals surface area contributed by atoms with E-state index in [0.29, 0.717) is 37.6 Å². The minimum absolute atomic E-state index is 0.200. The molecule has 0 fully saturated rings. The summed E-state index contributed by atoms with van der Waals surface area (Å²) >= 11 is 7.21. The van der Waals surface area contributed by atoms with Gasteiger partial charge in [-0.15, -0.1) is 10.2 Å². The molecule has 0 atom stereocenters. The van der Waals surface area contributed by atoms with Crippen molar-refractivity contribution >= 4 is 34.0 Å². The van der Waals surface area contributed by atoms with Crippen molar-refractivity contribution in [2.75, 3.05) is 21.3 Å². The highest BCUT2D eigenvalue weighted by Gasteiger charge is 2.16. The van der Waals surface area contributed by atoms with E-state index in [-0.39, 0.29) is 5.56 Å². The minimum Gasteiger partial charge on any atom is -0.493 e. The normalized spacial score (nSPS) is 11.8. The first-order chi connectivity index (χ1) is 14.0. The maximum atomic E-state index is 13.0. The number of hydrogen-bond donors (Lipinski definition) is 0. The number of rotatable bonds is 5. The standard InChI is InChI=1S/C20H16ClN3O4S/c1-26-14-8-11(9-15(27-2)17(14)28-3)10-16-19(25)24-18(22-23-20(24)29-16)12-4-6-13(21)7-5-12/h4-10H,1-3H3. The Kier molecular flexibility index (Phi) is 5.12. The SMILES string of the molecule is COc1cc(C=c2sc3nnc(-c4ccc(Cl)cc4)n3c2=O)cc(OC)c1OC. The lowest BCUT2D eigenvalue weighted by molar-refractivity contribution is 0.324. The molecule has 29 heavy (non-hydrogen) atoms. The van der Waals surface area contributed by atoms with Crippen molar-refractivity contribution in [3.63, 3.8) is 0 Å². The number of fused-ring (bicyclic) bond motifs is 1. The smallest absolute Gasteiger partial charge is 0.276 e. The Morgan fingerprint density at radius 2 is 1.66 bits per heavy atom. The zero-order valence-electron chi connectivity index (χ0n) is 15.8. The molecule has 0 unspecified atom stereocenters. The van der Waals surface area contributed by atoms with Gasteiger partial charge in [0.15, 0.2) is 17.3 Å². The molecule has 9 heteroatoms. The number of halogens is 1. The summed E-state index contributed by atoms with van der Waals surface area (Å²) in [6.45, 7) is 0. The van der Waals surface area contributed by atoms with E-state index >= 15 is 0 Å². The lowest BCUT2D eigenvalue weighted by atomic mass is 10.1. The van der Waals surface area contributed by atoms with Crippen LogP contribution in [0.25, 0.3) is 22.4 Å². The number of nitrogens with zero attached hydrogens (tertiary/aromatic N) is 3. The van der Waals surface area contributed by atoms with E-state index in [0.717, 1.165) is 11.1 Å². The zero-order valence-corrected chi connectivity index (χ0v) is 17.4. The molecule has 2 aromatic carbocycles. The highest BCUT2D eigenvalue weighted by Crippen LogP contribution is 2.38. The summed E-state index contributed by atoms with van der Waals surface area (Å²) in [6.07, 6.45) is 1.76. The van der Waals surface area contributed by atoms with E-state index in [1.54, 1.807) is 63.8 Å². The van der Waals surface area contributed by atoms with Crippen LogP contribution in [0, 0.1) is 0 Å². The average molecular weight is 430 g/mol. The third-order valence-electron chi connectivity index (χ3n) is 4.34. The minimum atomic E-state index is -0.200. The van der Waals surface area contributed by atoms with Gasteiger partial charge >= 0.3 is 0 Å². The highest BCUT2D eigenvalue weighted by molar-refractivity contribution is 7.15. The fourth-order valence-electron chi connectivity index (χ4n) is 2.98. The number of thiazole rings is 1. The first-order valence-corrected chi connectivity index (χ1v) is 9.70. The van der Waals surface area contributed by atoms with E-state index in [2.05, 4.69) is 10.2 Å². The van der Waals surface area contributed by atoms with E-state index in [1.807, 2.05) is 0 Å². The molecule has 0 radical (unpaired) electrons. The van der Waals surface area contributed by atoms with Crippen molar-refractivity contribution in [2.45, 2.75) is 0 Å². The fraction of sp³-hybridized carbons (Fsp3) is 0.150. The molecule has 0 saturated carbocycles. The van der Waals surface area contributed by atoms with Crippen LogP contribution < -0.4 is 24.3 Å². The number of aromatic nitrogens is 3. The second kappa shape index (κ2) is 7.73. The Bertz CT molecular complexity index is 1270. The maximum absolute atomic E-state index is 13.0. The Hall–Kier alpha value is -3.10. The largest absolute Gasteiger partial charge is 0.493 e. The number of methoxy groups -OCH3 is 3. The summed E-state index contributed by atoms with van der Waals surface area (Å²) in [4.78, 5) is 13.5. The van der Waals surface area contributed by atoms with Crippen molar-refractivity contribution in [1.29, 1.82) is 0 Å². The molecular formula is C20H16ClN3O4S. The summed E-state index contributed by atoms with van der Waals surface area (Å²) in [5.74, 6) is 1.98. The second-order valence-electron chi connectivity index (χ2n) is 6.02. The molecule has 0 spiro atoms. The van der Waals surface area contributed by atoms with Gasteiger partial charge < -0.3 is 14.2 Å². The third-order valence-corrected chi connectivity index (χ3v) is 5.55. The summed E-state index contributed by atoms with van der Waals surface area (Å²) in [6, 6.07) is 10.7. The van der Waals surface area contributed by atoms with Gasteiger partial charge in [0, 0.05) is 10.6 Å². The summed E-state index contributed by atoms with van der Waals surface area (Å²) in [7, 11) is 4.63. The van der Waals surface area contributed by atoms with Crippen LogP contribution in [0.15, 0.2) is 41.2 Å². The summed E-state index contributed by atoms with van der Waals surface area (Å²) in [5, 5.41) is 8.91. The first kappa shape index (κ1) is 19.2. The van der Waals surface area contributed by atoms with Gasteiger partial charge in [0.25, 0.3) is 5.56 Å². The predicted molar refractivity (Wildman–Crippen MR) is 112 cm³/mol. The van der Waals surface area contributed by atoms with Gasteiger partial charge in [0.05, 0.1) is 25.9 Å². The molecule has 0 N–H and O–H groups in total. The maximum Gasteiger partial charge on any atom is 0.276 e. The number of hydrogen-bond acceptors (Lipinski definition) is 7. The van der Waals surface area contributed by atoms with Crippen LogP contribution in [0.2, 0.25) is 5.02 Å². The lowest BCUT2D eigenvalue weighted by Crippen LogP contribution is -2.23. The molecule has 0 aliphatic rings. The van der Waals surface area contributed by atoms with E-state index in [1.165, 1.54) is 15.7 Å². The number of benzene rings is 2. The third kappa shape index (κ3) is 3.41. The van der Waals surface area contributed by atoms with Gasteiger partial charge in [0.1, 0.15) is 0 Å². The Morgan fingerprint density at radius 3 is 2.24 bits per heavy atom. The molecule has 0 saturated heterocycles. The molecule has 4 aromatic rings. The first-order valence-electron chi connectivity index (χ1n) is 8.51. The molecule has 0 aliphatic heterocycles. The molecule has 4 rings (SSSR count). The molecule has 7 nitrogen and oxygen atoms in total. The van der Waals surface area contributed by atoms with Crippen molar-refractivity contribution in [1.82, 2.24) is 14.6 Å². The molecular weight excluding hydrogens is 414 g/mol. The Balaban J connectivity index is 1.87. The van der Waals surface area contributed by atoms with Gasteiger partial charge in [-0.2, -0.15) is 0 Å². The van der Waals surface area contributed by atoms with Crippen LogP contribution in [-0.2, 0) is 0 Å². The van der Waals surface area contributed by atoms with E-state index in [9.17, 15) is 4.79 Å². The summed E-state index contributed by atoms with van der Waals surface area (Å²) in [5.41, 5.74) is 1.30. The highest BCUT2D eigenvalue weighted by atomic mass is 35.5. The molecule has 0 amide bonds. The molecule has 0 aliphatic carbocycles. The van der Waals surface area contributed by atoms with Crippen LogP contribution >= 0.6 is 22.9 Å². The van der Waals surface area contributed by atoms with Gasteiger partial charge in [-0.1, -0.05) is 22.9 Å². The van der Waals surface area contributed by atoms with Gasteiger partial charge in [-0.25, -0.2) is 4.40 Å². The topological polar surface area (TPSA) is 75.0 Å². The molecule has 2 heterocycles. The summed E-state index contributed by atoms with van der Waals surface area (Å²) < 4.78 is 18.1. The second-order valence-corrected chi connectivity index (χ2v) is 7.47. The van der Waals surface area contributed by atoms with Crippen LogP contribution in [-0.4, -0.2) is 35.9 Å². The van der Waals surface area contributed by atoms with Crippen molar-refractivity contribution in [3.8, 4) is 28.6 Å². The Morgan fingerprint density at radius 1 is 1.00 bits per heavy atom. The van der Waals surface area contributed by atoms with Crippen molar-refractivity contribution < 1.29 is 14.2 Å². The quantitative estimate of drug-likeness (QED) is 0.485. The Labute approximate surface area is 174 Å². The number of ether oxygens (including phenoxy) is 3. The van der Waals surface area contributed by atoms with Gasteiger partial charge in [-0.05, 0) is 48.0 Å². The van der Waals surface area contributed by atoms with E-state index in [4.69, 9.17) is 25.8 Å². The van der Waals surface area contributed by atoms with Crippen molar-refractivity contribution in [3.05, 3.63) is 61.9 Å². The molecule has 0 bridgehead atoms. The van der Waals surface area contributed by atoms with Gasteiger partial charge in [-0.3, -0.25) is 4.79 Å². The molecule has 2 aromatic heterocycles. The van der Waals surface area contributed by atoms with Crippen LogP contribution in [0.4, 0.5) is 0 Å². The molecule has 148 valence electrons. The predicted octanol–water partition coefficient (Wildman–Crippen LogP) is 3.04. The van der Waals surface area contributed by atoms with Crippen molar-refractivity contribution in [2.24, 2.45) is 0 Å². The van der Waals surface area contributed by atoms with Crippen LogP contribution in [0.5, 0.6) is 17.2 Å². The van der Waals surface area contributed by atoms with Crippen LogP contribution in [0.1, 0.15) is 5.56 Å². The van der Waals surface area contributed by atoms with E-state index < -0.39 is 0 Å². The van der Waals surface area contributed by atoms with Gasteiger partial charge in [0.2, 0.25) is 10.7 Å². The zero-order chi connectivity index (χ0) is 20.5. The van der Waals surface area contributed by atoms with Crippen LogP contribution in [0.3, 0.4) is 0 Å². The average Bonchev–Trinajstić information content (AvgIpc) is 3.28. The lowest BCUT2D eigenvalue weighted by Gasteiger charge is -2.12. The fourth-order valence-corrected chi connectivity index (χ4v) is 4.02.